The van der Waals surface area contributed by atoms with Crippen LogP contribution in [0.25, 0.3) is 0 Å². The maximum atomic E-state index is 13.0. The molecule has 1 heterocycles. The number of benzene rings is 1. The van der Waals surface area contributed by atoms with Crippen LogP contribution in [0.2, 0.25) is 5.02 Å². The van der Waals surface area contributed by atoms with Gasteiger partial charge in [0.05, 0.1) is 22.3 Å². The first-order valence-electron chi connectivity index (χ1n) is 5.93. The third kappa shape index (κ3) is 4.36. The summed E-state index contributed by atoms with van der Waals surface area (Å²) in [5, 5.41) is 2.51. The Morgan fingerprint density at radius 3 is 2.85 bits per heavy atom. The first kappa shape index (κ1) is 15.6. The van der Waals surface area contributed by atoms with Gasteiger partial charge < -0.3 is 5.32 Å². The van der Waals surface area contributed by atoms with Crippen molar-refractivity contribution in [3.8, 4) is 0 Å². The van der Waals surface area contributed by atoms with Gasteiger partial charge in [-0.1, -0.05) is 11.6 Å². The van der Waals surface area contributed by atoms with E-state index in [-0.39, 0.29) is 33.4 Å². The highest BCUT2D eigenvalue weighted by atomic mass is 35.5. The fourth-order valence-electron chi connectivity index (χ4n) is 1.86. The van der Waals surface area contributed by atoms with Crippen LogP contribution in [0.3, 0.4) is 0 Å². The van der Waals surface area contributed by atoms with Crippen molar-refractivity contribution in [3.63, 3.8) is 0 Å². The van der Waals surface area contributed by atoms with Gasteiger partial charge in [-0.3, -0.25) is 4.79 Å². The van der Waals surface area contributed by atoms with Crippen LogP contribution < -0.4 is 5.32 Å². The average molecular weight is 338 g/mol. The topological polar surface area (TPSA) is 63.2 Å². The number of carbonyl (C=O) groups is 1. The minimum atomic E-state index is -2.92. The zero-order valence-corrected chi connectivity index (χ0v) is 12.8. The van der Waals surface area contributed by atoms with Crippen LogP contribution in [0.1, 0.15) is 6.42 Å². The van der Waals surface area contributed by atoms with E-state index in [0.717, 1.165) is 0 Å². The van der Waals surface area contributed by atoms with Crippen LogP contribution in [-0.2, 0) is 14.6 Å². The maximum absolute atomic E-state index is 13.0. The Balaban J connectivity index is 1.82. The van der Waals surface area contributed by atoms with Gasteiger partial charge in [0.25, 0.3) is 0 Å². The molecule has 0 saturated carbocycles. The Kier molecular flexibility index (Phi) is 4.93. The van der Waals surface area contributed by atoms with E-state index < -0.39 is 15.7 Å². The Morgan fingerprint density at radius 2 is 2.25 bits per heavy atom. The highest BCUT2D eigenvalue weighted by molar-refractivity contribution is 8.02. The summed E-state index contributed by atoms with van der Waals surface area (Å²) in [5.74, 6) is -0.320. The van der Waals surface area contributed by atoms with E-state index >= 15 is 0 Å². The van der Waals surface area contributed by atoms with Gasteiger partial charge >= 0.3 is 0 Å². The second kappa shape index (κ2) is 6.32. The van der Waals surface area contributed by atoms with Crippen LogP contribution in [0.5, 0.6) is 0 Å². The van der Waals surface area contributed by atoms with Gasteiger partial charge in [-0.25, -0.2) is 12.8 Å². The Morgan fingerprint density at radius 1 is 1.50 bits per heavy atom. The smallest absolute Gasteiger partial charge is 0.234 e. The van der Waals surface area contributed by atoms with Gasteiger partial charge in [-0.05, 0) is 24.6 Å². The lowest BCUT2D eigenvalue weighted by atomic mass is 10.3. The monoisotopic (exact) mass is 337 g/mol. The number of hydrogen-bond donors (Lipinski definition) is 1. The highest BCUT2D eigenvalue weighted by Crippen LogP contribution is 2.25. The molecule has 1 atom stereocenters. The summed E-state index contributed by atoms with van der Waals surface area (Å²) in [7, 11) is -2.92. The molecule has 0 bridgehead atoms. The second-order valence-electron chi connectivity index (χ2n) is 4.51. The van der Waals surface area contributed by atoms with E-state index in [1.807, 2.05) is 0 Å². The van der Waals surface area contributed by atoms with Crippen molar-refractivity contribution in [2.24, 2.45) is 0 Å². The molecular formula is C12H13ClFNO3S2. The van der Waals surface area contributed by atoms with Gasteiger partial charge in [-0.2, -0.15) is 0 Å². The highest BCUT2D eigenvalue weighted by Gasteiger charge is 2.28. The molecule has 0 radical (unpaired) electrons. The summed E-state index contributed by atoms with van der Waals surface area (Å²) in [6.45, 7) is 0. The van der Waals surface area contributed by atoms with Crippen molar-refractivity contribution in [2.75, 3.05) is 22.6 Å². The van der Waals surface area contributed by atoms with Crippen LogP contribution in [0, 0.1) is 5.82 Å². The van der Waals surface area contributed by atoms with E-state index in [2.05, 4.69) is 5.32 Å². The van der Waals surface area contributed by atoms with Crippen molar-refractivity contribution >= 4 is 44.8 Å². The van der Waals surface area contributed by atoms with E-state index in [1.165, 1.54) is 30.0 Å². The normalized spacial score (nSPS) is 20.8. The first-order chi connectivity index (χ1) is 9.35. The fourth-order valence-corrected chi connectivity index (χ4v) is 5.48. The van der Waals surface area contributed by atoms with Crippen molar-refractivity contribution in [2.45, 2.75) is 11.7 Å². The zero-order chi connectivity index (χ0) is 14.8. The van der Waals surface area contributed by atoms with Gasteiger partial charge in [0, 0.05) is 10.9 Å². The molecule has 0 aliphatic carbocycles. The molecule has 1 aromatic carbocycles. The Bertz CT molecular complexity index is 621. The van der Waals surface area contributed by atoms with Gasteiger partial charge in [0.15, 0.2) is 9.84 Å². The largest absolute Gasteiger partial charge is 0.325 e. The second-order valence-corrected chi connectivity index (χ2v) is 8.44. The number of carbonyl (C=O) groups excluding carboxylic acids is 1. The fraction of sp³-hybridized carbons (Fsp3) is 0.417. The zero-order valence-electron chi connectivity index (χ0n) is 10.4. The minimum absolute atomic E-state index is 0.0254. The van der Waals surface area contributed by atoms with Crippen LogP contribution in [0.4, 0.5) is 10.1 Å². The third-order valence-corrected chi connectivity index (χ3v) is 6.42. The van der Waals surface area contributed by atoms with E-state index in [9.17, 15) is 17.6 Å². The predicted molar refractivity (Wildman–Crippen MR) is 79.6 cm³/mol. The molecular weight excluding hydrogens is 325 g/mol. The summed E-state index contributed by atoms with van der Waals surface area (Å²) in [4.78, 5) is 11.7. The van der Waals surface area contributed by atoms with Crippen molar-refractivity contribution in [1.29, 1.82) is 0 Å². The van der Waals surface area contributed by atoms with E-state index in [1.54, 1.807) is 0 Å². The third-order valence-electron chi connectivity index (χ3n) is 2.84. The van der Waals surface area contributed by atoms with Crippen LogP contribution in [-0.4, -0.2) is 36.8 Å². The van der Waals surface area contributed by atoms with Gasteiger partial charge in [-0.15, -0.1) is 11.8 Å². The molecule has 0 spiro atoms. The van der Waals surface area contributed by atoms with Gasteiger partial charge in [0.1, 0.15) is 5.82 Å². The van der Waals surface area contributed by atoms with Crippen molar-refractivity contribution in [1.82, 2.24) is 0 Å². The molecule has 1 fully saturated rings. The molecule has 0 aromatic heterocycles. The minimum Gasteiger partial charge on any atom is -0.325 e. The summed E-state index contributed by atoms with van der Waals surface area (Å²) in [6, 6.07) is 3.93. The molecule has 1 unspecified atom stereocenters. The first-order valence-corrected chi connectivity index (χ1v) is 9.17. The van der Waals surface area contributed by atoms with Gasteiger partial charge in [0.2, 0.25) is 5.91 Å². The molecule has 1 aliphatic rings. The molecule has 2 rings (SSSR count). The quantitative estimate of drug-likeness (QED) is 0.916. The molecule has 1 aliphatic heterocycles. The van der Waals surface area contributed by atoms with Crippen LogP contribution >= 0.6 is 23.4 Å². The number of hydrogen-bond acceptors (Lipinski definition) is 4. The van der Waals surface area contributed by atoms with E-state index in [0.29, 0.717) is 12.1 Å². The SMILES string of the molecule is O=C(CSC1CCS(=O)(=O)C1)Nc1ccc(F)c(Cl)c1. The number of thioether (sulfide) groups is 1. The number of sulfone groups is 1. The standard InChI is InChI=1S/C12H13ClFNO3S2/c13-10-5-8(1-2-11(10)14)15-12(16)6-19-9-3-4-20(17,18)7-9/h1-2,5,9H,3-4,6-7H2,(H,15,16). The number of rotatable bonds is 4. The maximum Gasteiger partial charge on any atom is 0.234 e. The summed E-state index contributed by atoms with van der Waals surface area (Å²) in [6.07, 6.45) is 0.586. The molecule has 1 amide bonds. The molecule has 1 saturated heterocycles. The average Bonchev–Trinajstić information content (AvgIpc) is 2.71. The molecule has 4 nitrogen and oxygen atoms in total. The number of nitrogens with one attached hydrogen (secondary N) is 1. The Hall–Kier alpha value is -0.790. The van der Waals surface area contributed by atoms with Crippen molar-refractivity contribution < 1.29 is 17.6 Å². The molecule has 110 valence electrons. The Labute approximate surface area is 126 Å². The van der Waals surface area contributed by atoms with E-state index in [4.69, 9.17) is 11.6 Å². The molecule has 8 heteroatoms. The summed E-state index contributed by atoms with van der Waals surface area (Å²) >= 11 is 6.93. The molecule has 1 aromatic rings. The predicted octanol–water partition coefficient (Wildman–Crippen LogP) is 2.34. The number of amides is 1. The molecule has 20 heavy (non-hydrogen) atoms. The van der Waals surface area contributed by atoms with Crippen LogP contribution in [0.15, 0.2) is 18.2 Å². The summed E-state index contributed by atoms with van der Waals surface area (Å²) < 4.78 is 35.5. The number of anilines is 1. The van der Waals surface area contributed by atoms with Crippen molar-refractivity contribution in [3.05, 3.63) is 29.0 Å². The summed E-state index contributed by atoms with van der Waals surface area (Å²) in [5.41, 5.74) is 0.418. The number of halogens is 2. The lowest BCUT2D eigenvalue weighted by molar-refractivity contribution is -0.113. The molecule has 1 N–H and O–H groups in total. The lowest BCUT2D eigenvalue weighted by Gasteiger charge is -2.08. The lowest BCUT2D eigenvalue weighted by Crippen LogP contribution is -2.17.